The number of aromatic hydroxyl groups is 1. The van der Waals surface area contributed by atoms with E-state index in [-0.39, 0.29) is 5.75 Å². The number of anilines is 1. The van der Waals surface area contributed by atoms with E-state index in [1.54, 1.807) is 30.3 Å². The van der Waals surface area contributed by atoms with Crippen LogP contribution in [0.2, 0.25) is 10.0 Å². The molecule has 21 heavy (non-hydrogen) atoms. The Hall–Kier alpha value is -1.10. The van der Waals surface area contributed by atoms with Crippen molar-refractivity contribution in [2.45, 2.75) is 13.5 Å². The summed E-state index contributed by atoms with van der Waals surface area (Å²) in [4.78, 5) is 0. The van der Waals surface area contributed by atoms with E-state index < -0.39 is 0 Å². The summed E-state index contributed by atoms with van der Waals surface area (Å²) in [5, 5.41) is 14.2. The molecule has 0 radical (unpaired) electrons. The van der Waals surface area contributed by atoms with Gasteiger partial charge in [0.1, 0.15) is 5.75 Å². The van der Waals surface area contributed by atoms with E-state index >= 15 is 0 Å². The zero-order valence-electron chi connectivity index (χ0n) is 11.3. The summed E-state index contributed by atoms with van der Waals surface area (Å²) in [5.74, 6) is 0.870. The Morgan fingerprint density at radius 2 is 1.95 bits per heavy atom. The van der Waals surface area contributed by atoms with Gasteiger partial charge < -0.3 is 15.2 Å². The van der Waals surface area contributed by atoms with Crippen molar-refractivity contribution in [3.8, 4) is 11.5 Å². The van der Waals surface area contributed by atoms with Crippen molar-refractivity contribution in [3.63, 3.8) is 0 Å². The summed E-state index contributed by atoms with van der Waals surface area (Å²) in [6, 6.07) is 8.47. The van der Waals surface area contributed by atoms with Gasteiger partial charge in [-0.05, 0) is 53.2 Å². The van der Waals surface area contributed by atoms with E-state index in [9.17, 15) is 5.11 Å². The van der Waals surface area contributed by atoms with Crippen LogP contribution in [0.5, 0.6) is 11.5 Å². The minimum atomic E-state index is 0.186. The molecule has 0 aliphatic carbocycles. The first-order valence-electron chi connectivity index (χ1n) is 6.34. The predicted octanol–water partition coefficient (Wildman–Crippen LogP) is 5.47. The Morgan fingerprint density at radius 1 is 1.19 bits per heavy atom. The van der Waals surface area contributed by atoms with Crippen LogP contribution in [-0.2, 0) is 6.54 Å². The van der Waals surface area contributed by atoms with Gasteiger partial charge in [-0.15, -0.1) is 0 Å². The zero-order valence-corrected chi connectivity index (χ0v) is 14.4. The van der Waals surface area contributed by atoms with Gasteiger partial charge >= 0.3 is 0 Å². The van der Waals surface area contributed by atoms with Gasteiger partial charge in [0.2, 0.25) is 0 Å². The normalized spacial score (nSPS) is 10.5. The van der Waals surface area contributed by atoms with Gasteiger partial charge in [0.25, 0.3) is 0 Å². The number of halogens is 3. The lowest BCUT2D eigenvalue weighted by Crippen LogP contribution is -2.03. The quantitative estimate of drug-likeness (QED) is 0.710. The molecule has 0 amide bonds. The lowest BCUT2D eigenvalue weighted by atomic mass is 10.2. The fraction of sp³-hybridized carbons (Fsp3) is 0.200. The van der Waals surface area contributed by atoms with Gasteiger partial charge in [0.15, 0.2) is 5.75 Å². The first kappa shape index (κ1) is 16.3. The highest BCUT2D eigenvalue weighted by molar-refractivity contribution is 9.10. The summed E-state index contributed by atoms with van der Waals surface area (Å²) < 4.78 is 6.38. The summed E-state index contributed by atoms with van der Waals surface area (Å²) in [6.45, 7) is 2.85. The van der Waals surface area contributed by atoms with E-state index in [1.807, 2.05) is 6.92 Å². The first-order valence-corrected chi connectivity index (χ1v) is 7.89. The molecule has 3 nitrogen and oxygen atoms in total. The molecule has 0 unspecified atom stereocenters. The molecule has 0 aromatic heterocycles. The monoisotopic (exact) mass is 389 g/mol. The van der Waals surface area contributed by atoms with Crippen LogP contribution < -0.4 is 10.1 Å². The van der Waals surface area contributed by atoms with Gasteiger partial charge in [-0.1, -0.05) is 23.2 Å². The molecule has 0 saturated carbocycles. The molecule has 0 fully saturated rings. The van der Waals surface area contributed by atoms with Crippen molar-refractivity contribution >= 4 is 44.8 Å². The van der Waals surface area contributed by atoms with Crippen LogP contribution in [0.3, 0.4) is 0 Å². The number of ether oxygens (including phenoxy) is 1. The van der Waals surface area contributed by atoms with Crippen LogP contribution in [0, 0.1) is 0 Å². The van der Waals surface area contributed by atoms with Crippen LogP contribution >= 0.6 is 39.1 Å². The third-order valence-corrected chi connectivity index (χ3v) is 3.85. The van der Waals surface area contributed by atoms with Crippen molar-refractivity contribution in [1.82, 2.24) is 0 Å². The summed E-state index contributed by atoms with van der Waals surface area (Å²) in [6.07, 6.45) is 0. The Balaban J connectivity index is 2.25. The average molecular weight is 391 g/mol. The maximum Gasteiger partial charge on any atom is 0.156 e. The Labute approximate surface area is 142 Å². The highest BCUT2D eigenvalue weighted by atomic mass is 79.9. The lowest BCUT2D eigenvalue weighted by molar-refractivity contribution is 0.339. The van der Waals surface area contributed by atoms with Gasteiger partial charge in [-0.3, -0.25) is 0 Å². The Bertz CT molecular complexity index is 650. The molecule has 2 aromatic carbocycles. The second kappa shape index (κ2) is 7.25. The number of benzene rings is 2. The fourth-order valence-corrected chi connectivity index (χ4v) is 2.99. The van der Waals surface area contributed by atoms with E-state index in [0.717, 1.165) is 10.2 Å². The smallest absolute Gasteiger partial charge is 0.156 e. The van der Waals surface area contributed by atoms with Crippen molar-refractivity contribution in [1.29, 1.82) is 0 Å². The number of hydrogen-bond acceptors (Lipinski definition) is 3. The molecule has 0 aliphatic rings. The fourth-order valence-electron chi connectivity index (χ4n) is 1.87. The predicted molar refractivity (Wildman–Crippen MR) is 90.8 cm³/mol. The number of phenols is 1. The Kier molecular flexibility index (Phi) is 5.62. The first-order chi connectivity index (χ1) is 10.0. The van der Waals surface area contributed by atoms with Gasteiger partial charge in [0, 0.05) is 22.2 Å². The molecular weight excluding hydrogens is 377 g/mol. The standard InChI is InChI=1S/C15H14BrCl2NO2/c1-2-21-15-12(16)6-11(18)7-13(15)19-8-9-5-10(17)3-4-14(9)20/h3-7,19-20H,2,8H2,1H3. The molecule has 0 saturated heterocycles. The maximum atomic E-state index is 9.83. The molecule has 0 spiro atoms. The molecule has 2 N–H and O–H groups in total. The van der Waals surface area contributed by atoms with Crippen LogP contribution in [0.25, 0.3) is 0 Å². The number of hydrogen-bond donors (Lipinski definition) is 2. The summed E-state index contributed by atoms with van der Waals surface area (Å²) in [7, 11) is 0. The summed E-state index contributed by atoms with van der Waals surface area (Å²) >= 11 is 15.4. The van der Waals surface area contributed by atoms with Gasteiger partial charge in [0.05, 0.1) is 16.8 Å². The largest absolute Gasteiger partial charge is 0.508 e. The second-order valence-electron chi connectivity index (χ2n) is 4.32. The van der Waals surface area contributed by atoms with Crippen molar-refractivity contribution in [2.24, 2.45) is 0 Å². The Morgan fingerprint density at radius 3 is 2.67 bits per heavy atom. The number of phenolic OH excluding ortho intramolecular Hbond substituents is 1. The lowest BCUT2D eigenvalue weighted by Gasteiger charge is -2.15. The average Bonchev–Trinajstić information content (AvgIpc) is 2.43. The molecule has 0 bridgehead atoms. The maximum absolute atomic E-state index is 9.83. The van der Waals surface area contributed by atoms with E-state index in [1.165, 1.54) is 0 Å². The van der Waals surface area contributed by atoms with Crippen LogP contribution in [0.1, 0.15) is 12.5 Å². The molecule has 2 aromatic rings. The second-order valence-corrected chi connectivity index (χ2v) is 6.05. The highest BCUT2D eigenvalue weighted by Crippen LogP contribution is 2.37. The minimum Gasteiger partial charge on any atom is -0.508 e. The molecule has 0 aliphatic heterocycles. The molecular formula is C15H14BrCl2NO2. The van der Waals surface area contributed by atoms with Gasteiger partial charge in [-0.25, -0.2) is 0 Å². The van der Waals surface area contributed by atoms with E-state index in [0.29, 0.717) is 34.5 Å². The van der Waals surface area contributed by atoms with Crippen molar-refractivity contribution < 1.29 is 9.84 Å². The third-order valence-electron chi connectivity index (χ3n) is 2.81. The minimum absolute atomic E-state index is 0.186. The van der Waals surface area contributed by atoms with Crippen molar-refractivity contribution in [3.05, 3.63) is 50.4 Å². The van der Waals surface area contributed by atoms with E-state index in [2.05, 4.69) is 21.2 Å². The van der Waals surface area contributed by atoms with Crippen LogP contribution in [0.15, 0.2) is 34.8 Å². The zero-order chi connectivity index (χ0) is 15.4. The van der Waals surface area contributed by atoms with Crippen LogP contribution in [0.4, 0.5) is 5.69 Å². The molecule has 0 heterocycles. The summed E-state index contributed by atoms with van der Waals surface area (Å²) in [5.41, 5.74) is 1.44. The topological polar surface area (TPSA) is 41.5 Å². The molecule has 112 valence electrons. The number of nitrogens with one attached hydrogen (secondary N) is 1. The van der Waals surface area contributed by atoms with E-state index in [4.69, 9.17) is 27.9 Å². The number of rotatable bonds is 5. The third kappa shape index (κ3) is 4.19. The van der Waals surface area contributed by atoms with Gasteiger partial charge in [-0.2, -0.15) is 0 Å². The molecule has 0 atom stereocenters. The molecule has 6 heteroatoms. The van der Waals surface area contributed by atoms with Crippen molar-refractivity contribution in [2.75, 3.05) is 11.9 Å². The van der Waals surface area contributed by atoms with Crippen LogP contribution in [-0.4, -0.2) is 11.7 Å². The molecule has 2 rings (SSSR count). The SMILES string of the molecule is CCOc1c(Br)cc(Cl)cc1NCc1cc(Cl)ccc1O. The highest BCUT2D eigenvalue weighted by Gasteiger charge is 2.11.